The molecule has 0 spiro atoms. The van der Waals surface area contributed by atoms with E-state index in [0.29, 0.717) is 6.61 Å². The molecule has 0 saturated carbocycles. The van der Waals surface area contributed by atoms with E-state index >= 15 is 0 Å². The van der Waals surface area contributed by atoms with Crippen LogP contribution >= 0.6 is 22.6 Å². The van der Waals surface area contributed by atoms with Crippen LogP contribution in [0.4, 0.5) is 0 Å². The second-order valence-electron chi connectivity index (χ2n) is 5.97. The number of hydrogen-bond acceptors (Lipinski definition) is 3. The maximum atomic E-state index is 12.7. The normalized spacial score (nSPS) is 25.2. The zero-order valence-electron chi connectivity index (χ0n) is 12.2. The number of benzene rings is 1. The quantitative estimate of drug-likeness (QED) is 0.774. The summed E-state index contributed by atoms with van der Waals surface area (Å²) in [7, 11) is 0. The summed E-state index contributed by atoms with van der Waals surface area (Å²) in [4.78, 5) is 22.7. The number of carbonyl (C=O) groups is 1. The van der Waals surface area contributed by atoms with Crippen LogP contribution < -0.4 is 0 Å². The Balaban J connectivity index is 1.62. The molecule has 1 amide bonds. The van der Waals surface area contributed by atoms with Crippen molar-refractivity contribution in [3.63, 3.8) is 0 Å². The number of likely N-dealkylation sites (tertiary alicyclic amines) is 1. The van der Waals surface area contributed by atoms with E-state index in [-0.39, 0.29) is 18.1 Å². The molecule has 0 radical (unpaired) electrons. The third kappa shape index (κ3) is 2.52. The Morgan fingerprint density at radius 3 is 3.09 bits per heavy atom. The number of ether oxygens (including phenoxy) is 1. The molecule has 2 aliphatic heterocycles. The fraction of sp³-hybridized carbons (Fsp3) is 0.500. The number of hydrogen-bond donors (Lipinski definition) is 1. The molecule has 2 saturated heterocycles. The summed E-state index contributed by atoms with van der Waals surface area (Å²) in [5.74, 6) is 1.04. The van der Waals surface area contributed by atoms with Crippen LogP contribution in [0.2, 0.25) is 0 Å². The van der Waals surface area contributed by atoms with Gasteiger partial charge in [0.1, 0.15) is 11.9 Å². The average Bonchev–Trinajstić information content (AvgIpc) is 3.24. The highest BCUT2D eigenvalue weighted by molar-refractivity contribution is 14.1. The summed E-state index contributed by atoms with van der Waals surface area (Å²) in [6.45, 7) is 1.51. The molecule has 3 heterocycles. The first kappa shape index (κ1) is 14.4. The summed E-state index contributed by atoms with van der Waals surface area (Å²) < 4.78 is 6.74. The highest BCUT2D eigenvalue weighted by atomic mass is 127. The number of aromatic nitrogens is 2. The molecule has 0 unspecified atom stereocenters. The minimum atomic E-state index is -0.245. The Kier molecular flexibility index (Phi) is 3.81. The van der Waals surface area contributed by atoms with Gasteiger partial charge in [-0.2, -0.15) is 0 Å². The van der Waals surface area contributed by atoms with E-state index in [1.807, 2.05) is 11.0 Å². The monoisotopic (exact) mass is 411 g/mol. The van der Waals surface area contributed by atoms with E-state index in [2.05, 4.69) is 39.7 Å². The molecule has 22 heavy (non-hydrogen) atoms. The second-order valence-corrected chi connectivity index (χ2v) is 7.22. The van der Waals surface area contributed by atoms with E-state index in [9.17, 15) is 4.79 Å². The highest BCUT2D eigenvalue weighted by Gasteiger charge is 2.37. The lowest BCUT2D eigenvalue weighted by Crippen LogP contribution is -2.38. The first-order chi connectivity index (χ1) is 10.7. The Morgan fingerprint density at radius 1 is 1.36 bits per heavy atom. The molecule has 2 aliphatic rings. The number of rotatable bonds is 2. The van der Waals surface area contributed by atoms with Crippen molar-refractivity contribution in [2.45, 2.75) is 37.8 Å². The molecule has 6 heteroatoms. The van der Waals surface area contributed by atoms with Gasteiger partial charge in [-0.3, -0.25) is 4.79 Å². The minimum absolute atomic E-state index is 0.0572. The molecule has 1 N–H and O–H groups in total. The number of nitrogens with zero attached hydrogens (tertiary/aromatic N) is 2. The highest BCUT2D eigenvalue weighted by Crippen LogP contribution is 2.33. The lowest BCUT2D eigenvalue weighted by molar-refractivity contribution is -0.142. The van der Waals surface area contributed by atoms with Crippen LogP contribution in [0.25, 0.3) is 11.0 Å². The molecule has 5 nitrogen and oxygen atoms in total. The predicted octanol–water partition coefficient (Wildman–Crippen LogP) is 3.01. The largest absolute Gasteiger partial charge is 0.368 e. The lowest BCUT2D eigenvalue weighted by Gasteiger charge is -2.25. The number of amides is 1. The van der Waals surface area contributed by atoms with Gasteiger partial charge in [0.15, 0.2) is 0 Å². The van der Waals surface area contributed by atoms with Gasteiger partial charge in [0.05, 0.1) is 17.1 Å². The minimum Gasteiger partial charge on any atom is -0.368 e. The molecule has 1 aromatic carbocycles. The topological polar surface area (TPSA) is 58.2 Å². The number of halogens is 1. The van der Waals surface area contributed by atoms with Crippen LogP contribution in [0, 0.1) is 3.57 Å². The molecular weight excluding hydrogens is 393 g/mol. The fourth-order valence-corrected chi connectivity index (χ4v) is 3.92. The van der Waals surface area contributed by atoms with Gasteiger partial charge in [-0.1, -0.05) is 0 Å². The fourth-order valence-electron chi connectivity index (χ4n) is 3.43. The molecule has 1 aromatic heterocycles. The third-order valence-electron chi connectivity index (χ3n) is 4.52. The number of H-pyrrole nitrogens is 1. The first-order valence-electron chi connectivity index (χ1n) is 7.79. The van der Waals surface area contributed by atoms with Crippen molar-refractivity contribution >= 4 is 39.5 Å². The number of imidazole rings is 1. The van der Waals surface area contributed by atoms with Gasteiger partial charge < -0.3 is 14.6 Å². The number of carbonyl (C=O) groups excluding carboxylic acids is 1. The maximum absolute atomic E-state index is 12.7. The molecule has 4 rings (SSSR count). The van der Waals surface area contributed by atoms with E-state index in [0.717, 1.165) is 49.1 Å². The SMILES string of the molecule is O=C([C@H]1CCCO1)N1CCC[C@H]1c1nc2ccc(I)cc2[nH]1. The molecule has 116 valence electrons. The van der Waals surface area contributed by atoms with Crippen molar-refractivity contribution in [3.8, 4) is 0 Å². The summed E-state index contributed by atoms with van der Waals surface area (Å²) in [6.07, 6.45) is 3.58. The van der Waals surface area contributed by atoms with E-state index < -0.39 is 0 Å². The van der Waals surface area contributed by atoms with E-state index in [1.165, 1.54) is 3.57 Å². The summed E-state index contributed by atoms with van der Waals surface area (Å²) in [5, 5.41) is 0. The van der Waals surface area contributed by atoms with Crippen LogP contribution in [-0.4, -0.2) is 40.0 Å². The van der Waals surface area contributed by atoms with Crippen LogP contribution in [0.15, 0.2) is 18.2 Å². The van der Waals surface area contributed by atoms with Crippen molar-refractivity contribution in [2.75, 3.05) is 13.2 Å². The van der Waals surface area contributed by atoms with Crippen molar-refractivity contribution in [3.05, 3.63) is 27.6 Å². The van der Waals surface area contributed by atoms with Gasteiger partial charge in [-0.15, -0.1) is 0 Å². The Hall–Kier alpha value is -1.15. The van der Waals surface area contributed by atoms with Crippen LogP contribution in [-0.2, 0) is 9.53 Å². The van der Waals surface area contributed by atoms with E-state index in [1.54, 1.807) is 0 Å². The summed E-state index contributed by atoms with van der Waals surface area (Å²) in [5.41, 5.74) is 2.00. The van der Waals surface area contributed by atoms with Crippen molar-refractivity contribution in [2.24, 2.45) is 0 Å². The standard InChI is InChI=1S/C16H18IN3O2/c17-10-5-6-11-12(9-10)19-15(18-11)13-3-1-7-20(13)16(21)14-4-2-8-22-14/h5-6,9,13-14H,1-4,7-8H2,(H,18,19)/t13-,14+/m0/s1. The van der Waals surface area contributed by atoms with Crippen LogP contribution in [0.3, 0.4) is 0 Å². The van der Waals surface area contributed by atoms with Crippen molar-refractivity contribution in [1.29, 1.82) is 0 Å². The second kappa shape index (κ2) is 5.81. The number of aromatic amines is 1. The first-order valence-corrected chi connectivity index (χ1v) is 8.87. The van der Waals surface area contributed by atoms with Gasteiger partial charge in [0.25, 0.3) is 5.91 Å². The van der Waals surface area contributed by atoms with Gasteiger partial charge in [0, 0.05) is 16.7 Å². The summed E-state index contributed by atoms with van der Waals surface area (Å²) >= 11 is 2.30. The van der Waals surface area contributed by atoms with Gasteiger partial charge in [-0.05, 0) is 66.5 Å². The van der Waals surface area contributed by atoms with Crippen LogP contribution in [0.5, 0.6) is 0 Å². The zero-order valence-corrected chi connectivity index (χ0v) is 14.4. The average molecular weight is 411 g/mol. The maximum Gasteiger partial charge on any atom is 0.252 e. The van der Waals surface area contributed by atoms with E-state index in [4.69, 9.17) is 9.72 Å². The predicted molar refractivity (Wildman–Crippen MR) is 91.5 cm³/mol. The zero-order chi connectivity index (χ0) is 15.1. The Labute approximate surface area is 142 Å². The Bertz CT molecular complexity index is 708. The molecular formula is C16H18IN3O2. The third-order valence-corrected chi connectivity index (χ3v) is 5.19. The van der Waals surface area contributed by atoms with Gasteiger partial charge in [0.2, 0.25) is 0 Å². The molecule has 0 aliphatic carbocycles. The molecule has 2 fully saturated rings. The summed E-state index contributed by atoms with van der Waals surface area (Å²) in [6, 6.07) is 6.23. The van der Waals surface area contributed by atoms with Gasteiger partial charge >= 0.3 is 0 Å². The smallest absolute Gasteiger partial charge is 0.252 e. The Morgan fingerprint density at radius 2 is 2.27 bits per heavy atom. The lowest BCUT2D eigenvalue weighted by atomic mass is 10.1. The van der Waals surface area contributed by atoms with Crippen LogP contribution in [0.1, 0.15) is 37.5 Å². The molecule has 0 bridgehead atoms. The molecule has 2 aromatic rings. The van der Waals surface area contributed by atoms with Crippen molar-refractivity contribution in [1.82, 2.24) is 14.9 Å². The number of fused-ring (bicyclic) bond motifs is 1. The number of nitrogens with one attached hydrogen (secondary N) is 1. The van der Waals surface area contributed by atoms with Crippen molar-refractivity contribution < 1.29 is 9.53 Å². The molecule has 2 atom stereocenters. The van der Waals surface area contributed by atoms with Gasteiger partial charge in [-0.25, -0.2) is 4.98 Å².